The van der Waals surface area contributed by atoms with E-state index in [1.807, 2.05) is 12.1 Å². The van der Waals surface area contributed by atoms with E-state index in [1.165, 1.54) is 18.2 Å². The monoisotopic (exact) mass is 513 g/mol. The number of nitrogens with one attached hydrogen (secondary N) is 3. The van der Waals surface area contributed by atoms with Gasteiger partial charge < -0.3 is 15.2 Å². The van der Waals surface area contributed by atoms with Gasteiger partial charge in [0, 0.05) is 30.9 Å². The van der Waals surface area contributed by atoms with Gasteiger partial charge in [-0.1, -0.05) is 24.3 Å². The molecule has 3 heterocycles. The first-order valence-corrected chi connectivity index (χ1v) is 11.9. The molecule has 192 valence electrons. The van der Waals surface area contributed by atoms with E-state index in [0.29, 0.717) is 17.8 Å². The van der Waals surface area contributed by atoms with Crippen molar-refractivity contribution in [2.24, 2.45) is 0 Å². The van der Waals surface area contributed by atoms with E-state index in [2.05, 4.69) is 16.0 Å². The highest BCUT2D eigenvalue weighted by molar-refractivity contribution is 6.23. The molecule has 3 N–H and O–H groups in total. The minimum absolute atomic E-state index is 0.0455. The summed E-state index contributed by atoms with van der Waals surface area (Å²) >= 11 is 0. The lowest BCUT2D eigenvalue weighted by Crippen LogP contribution is -2.54. The van der Waals surface area contributed by atoms with Gasteiger partial charge in [-0.2, -0.15) is 0 Å². The van der Waals surface area contributed by atoms with Crippen LogP contribution < -0.4 is 21.5 Å². The van der Waals surface area contributed by atoms with Crippen LogP contribution in [0.4, 0.5) is 10.5 Å². The molecule has 2 aromatic carbocycles. The molecule has 1 unspecified atom stereocenters. The van der Waals surface area contributed by atoms with Crippen LogP contribution >= 0.6 is 0 Å². The number of hydrogen-bond acceptors (Lipinski definition) is 6. The fourth-order valence-electron chi connectivity index (χ4n) is 4.47. The summed E-state index contributed by atoms with van der Waals surface area (Å²) < 4.78 is 1.58. The second-order valence-electron chi connectivity index (χ2n) is 9.00. The second kappa shape index (κ2) is 10.1. The summed E-state index contributed by atoms with van der Waals surface area (Å²) in [5.41, 5.74) is 2.26. The van der Waals surface area contributed by atoms with Crippen LogP contribution in [-0.4, -0.2) is 45.2 Å². The number of fused-ring (bicyclic) bond motifs is 1. The average molecular weight is 514 g/mol. The molecule has 1 aromatic heterocycles. The molecule has 2 aliphatic heterocycles. The number of carbonyl (C=O) groups is 5. The molecule has 5 rings (SSSR count). The Morgan fingerprint density at radius 2 is 1.63 bits per heavy atom. The topological polar surface area (TPSA) is 147 Å². The number of hydrogen-bond donors (Lipinski definition) is 3. The van der Waals surface area contributed by atoms with Crippen molar-refractivity contribution in [2.45, 2.75) is 32.0 Å². The quantitative estimate of drug-likeness (QED) is 0.427. The largest absolute Gasteiger partial charge is 0.334 e. The highest BCUT2D eigenvalue weighted by atomic mass is 16.2. The van der Waals surface area contributed by atoms with Crippen molar-refractivity contribution in [1.29, 1.82) is 0 Å². The lowest BCUT2D eigenvalue weighted by Gasteiger charge is -2.27. The third-order valence-electron chi connectivity index (χ3n) is 6.42. The van der Waals surface area contributed by atoms with Gasteiger partial charge in [0.1, 0.15) is 6.04 Å². The van der Waals surface area contributed by atoms with E-state index in [1.54, 1.807) is 41.1 Å². The molecular weight excluding hydrogens is 490 g/mol. The maximum absolute atomic E-state index is 12.9. The fourth-order valence-corrected chi connectivity index (χ4v) is 4.47. The molecule has 0 aliphatic carbocycles. The number of carbonyl (C=O) groups excluding carboxylic acids is 5. The molecule has 38 heavy (non-hydrogen) atoms. The molecule has 2 aliphatic rings. The summed E-state index contributed by atoms with van der Waals surface area (Å²) in [7, 11) is 0. The number of amides is 6. The lowest BCUT2D eigenvalue weighted by atomic mass is 10.0. The van der Waals surface area contributed by atoms with E-state index < -0.39 is 35.7 Å². The molecule has 0 spiro atoms. The minimum Gasteiger partial charge on any atom is -0.334 e. The maximum atomic E-state index is 12.9. The Morgan fingerprint density at radius 1 is 0.895 bits per heavy atom. The Kier molecular flexibility index (Phi) is 6.56. The van der Waals surface area contributed by atoms with E-state index in [0.717, 1.165) is 10.5 Å². The highest BCUT2D eigenvalue weighted by Crippen LogP contribution is 2.28. The van der Waals surface area contributed by atoms with Gasteiger partial charge in [-0.05, 0) is 47.9 Å². The maximum Gasteiger partial charge on any atom is 0.319 e. The summed E-state index contributed by atoms with van der Waals surface area (Å²) in [5, 5.41) is 7.59. The van der Waals surface area contributed by atoms with Crippen molar-refractivity contribution in [1.82, 2.24) is 20.1 Å². The molecule has 0 radical (unpaired) electrons. The molecule has 1 atom stereocenters. The molecule has 6 amide bonds. The van der Waals surface area contributed by atoms with Crippen LogP contribution in [0.25, 0.3) is 0 Å². The van der Waals surface area contributed by atoms with Crippen molar-refractivity contribution in [2.75, 3.05) is 5.32 Å². The first-order chi connectivity index (χ1) is 18.3. The fraction of sp³-hybridized carbons (Fsp3) is 0.185. The number of nitrogens with zero attached hydrogens (tertiary/aromatic N) is 2. The first kappa shape index (κ1) is 24.6. The zero-order valence-corrected chi connectivity index (χ0v) is 20.1. The van der Waals surface area contributed by atoms with Crippen LogP contribution in [0, 0.1) is 0 Å². The van der Waals surface area contributed by atoms with Gasteiger partial charge >= 0.3 is 6.03 Å². The van der Waals surface area contributed by atoms with Crippen molar-refractivity contribution in [3.63, 3.8) is 0 Å². The van der Waals surface area contributed by atoms with Crippen molar-refractivity contribution < 1.29 is 24.0 Å². The van der Waals surface area contributed by atoms with Crippen LogP contribution in [0.3, 0.4) is 0 Å². The third-order valence-corrected chi connectivity index (χ3v) is 6.42. The molecule has 0 bridgehead atoms. The van der Waals surface area contributed by atoms with Crippen LogP contribution in [-0.2, 0) is 22.7 Å². The first-order valence-electron chi connectivity index (χ1n) is 11.9. The molecule has 11 heteroatoms. The summed E-state index contributed by atoms with van der Waals surface area (Å²) in [4.78, 5) is 74.5. The minimum atomic E-state index is -1.03. The third kappa shape index (κ3) is 4.94. The number of pyridine rings is 1. The van der Waals surface area contributed by atoms with Crippen molar-refractivity contribution in [3.05, 3.63) is 99.5 Å². The Labute approximate surface area is 216 Å². The number of anilines is 1. The van der Waals surface area contributed by atoms with Crippen molar-refractivity contribution >= 4 is 35.3 Å². The summed E-state index contributed by atoms with van der Waals surface area (Å²) in [6, 6.07) is 15.2. The van der Waals surface area contributed by atoms with E-state index in [-0.39, 0.29) is 36.1 Å². The Bertz CT molecular complexity index is 1530. The van der Waals surface area contributed by atoms with Gasteiger partial charge in [0.2, 0.25) is 11.8 Å². The van der Waals surface area contributed by atoms with Gasteiger partial charge in [-0.3, -0.25) is 34.2 Å². The highest BCUT2D eigenvalue weighted by Gasteiger charge is 2.44. The Hall–Kier alpha value is -5.06. The lowest BCUT2D eigenvalue weighted by molar-refractivity contribution is -0.136. The number of aromatic nitrogens is 1. The summed E-state index contributed by atoms with van der Waals surface area (Å²) in [6.07, 6.45) is 1.83. The van der Waals surface area contributed by atoms with Crippen LogP contribution in [0.15, 0.2) is 71.7 Å². The van der Waals surface area contributed by atoms with E-state index in [9.17, 15) is 28.8 Å². The van der Waals surface area contributed by atoms with Gasteiger partial charge in [0.25, 0.3) is 17.4 Å². The number of rotatable bonds is 6. The van der Waals surface area contributed by atoms with Crippen LogP contribution in [0.5, 0.6) is 0 Å². The second-order valence-corrected chi connectivity index (χ2v) is 9.00. The molecule has 0 saturated carbocycles. The normalized spacial score (nSPS) is 16.7. The van der Waals surface area contributed by atoms with Crippen molar-refractivity contribution in [3.8, 4) is 0 Å². The molecule has 1 saturated heterocycles. The number of urea groups is 1. The molecule has 3 aromatic rings. The Morgan fingerprint density at radius 3 is 2.37 bits per heavy atom. The van der Waals surface area contributed by atoms with Gasteiger partial charge in [-0.15, -0.1) is 0 Å². The summed E-state index contributed by atoms with van der Waals surface area (Å²) in [6.45, 7) is 0.501. The zero-order chi connectivity index (χ0) is 26.8. The van der Waals surface area contributed by atoms with Crippen LogP contribution in [0.1, 0.15) is 44.7 Å². The molecular formula is C27H23N5O6. The van der Waals surface area contributed by atoms with Gasteiger partial charge in [0.05, 0.1) is 17.7 Å². The van der Waals surface area contributed by atoms with E-state index in [4.69, 9.17) is 0 Å². The predicted octanol–water partition coefficient (Wildman–Crippen LogP) is 1.62. The smallest absolute Gasteiger partial charge is 0.319 e. The zero-order valence-electron chi connectivity index (χ0n) is 20.1. The number of benzene rings is 2. The van der Waals surface area contributed by atoms with Crippen LogP contribution in [0.2, 0.25) is 0 Å². The molecule has 11 nitrogen and oxygen atoms in total. The average Bonchev–Trinajstić information content (AvgIpc) is 3.14. The van der Waals surface area contributed by atoms with E-state index >= 15 is 0 Å². The van der Waals surface area contributed by atoms with Gasteiger partial charge in [-0.25, -0.2) is 4.79 Å². The number of piperidine rings is 1. The Balaban J connectivity index is 1.18. The SMILES string of the molecule is O=C1CCC(N2C(=O)c3ccc(CNC(=O)Nc4ccc(Cn5ccccc5=O)cc4)cc3C2=O)C(=O)N1. The molecule has 1 fully saturated rings. The van der Waals surface area contributed by atoms with Gasteiger partial charge in [0.15, 0.2) is 0 Å². The number of imide groups is 2. The standard InChI is InChI=1S/C27H23N5O6/c33-22-11-10-21(24(35)30-22)32-25(36)19-9-6-17(13-20(19)26(32)37)14-28-27(38)29-18-7-4-16(5-8-18)15-31-12-2-1-3-23(31)34/h1-9,12-13,21H,10-11,14-15H2,(H2,28,29,38)(H,30,33,35). The predicted molar refractivity (Wildman–Crippen MR) is 135 cm³/mol. The summed E-state index contributed by atoms with van der Waals surface area (Å²) in [5.74, 6) is -2.30.